The molecule has 2 N–H and O–H groups in total. The third-order valence-corrected chi connectivity index (χ3v) is 5.44. The van der Waals surface area contributed by atoms with Gasteiger partial charge in [-0.05, 0) is 6.42 Å². The topological polar surface area (TPSA) is 146 Å². The number of rotatable bonds is 23. The van der Waals surface area contributed by atoms with E-state index in [1.807, 2.05) is 0 Å². The number of ether oxygens (including phenoxy) is 4. The van der Waals surface area contributed by atoms with Gasteiger partial charge in [-0.2, -0.15) is 8.42 Å². The van der Waals surface area contributed by atoms with Gasteiger partial charge in [0.2, 0.25) is 0 Å². The van der Waals surface area contributed by atoms with Crippen molar-refractivity contribution < 1.29 is 46.6 Å². The largest absolute Gasteiger partial charge is 0.477 e. The normalized spacial score (nSPS) is 12.1. The minimum Gasteiger partial charge on any atom is -0.477 e. The summed E-state index contributed by atoms with van der Waals surface area (Å²) in [4.78, 5) is 20.6. The summed E-state index contributed by atoms with van der Waals surface area (Å²) in [7, 11) is -5.02. The lowest BCUT2D eigenvalue weighted by Crippen LogP contribution is -2.16. The van der Waals surface area contributed by atoms with Crippen LogP contribution in [0.4, 0.5) is 0 Å². The molecule has 0 bridgehead atoms. The van der Waals surface area contributed by atoms with Crippen LogP contribution >= 0.6 is 0 Å². The van der Waals surface area contributed by atoms with Crippen LogP contribution in [-0.2, 0) is 38.7 Å². The van der Waals surface area contributed by atoms with Crippen molar-refractivity contribution in [2.24, 2.45) is 0 Å². The third kappa shape index (κ3) is 20.8. The maximum atomic E-state index is 11.4. The standard InChI is InChI=1S/C22H40O10S/c1-2-3-4-5-6-7-8-9-10-11-12-29-13-14-30-15-16-31-17-18-32-21(23)19-20(22(24)25)33(26,27)28/h19H,2-18H2,1H3,(H,24,25)(H,26,27,28)/b20-19+. The number of esters is 1. The monoisotopic (exact) mass is 496 g/mol. The zero-order valence-electron chi connectivity index (χ0n) is 19.7. The number of carboxylic acids is 1. The van der Waals surface area contributed by atoms with Crippen molar-refractivity contribution in [3.8, 4) is 0 Å². The molecule has 0 aromatic carbocycles. The predicted octanol–water partition coefficient (Wildman–Crippen LogP) is 3.36. The van der Waals surface area contributed by atoms with E-state index in [0.717, 1.165) is 13.0 Å². The van der Waals surface area contributed by atoms with Crippen molar-refractivity contribution in [3.05, 3.63) is 11.0 Å². The molecular weight excluding hydrogens is 456 g/mol. The first-order valence-corrected chi connectivity index (χ1v) is 13.1. The number of carbonyl (C=O) groups is 2. The highest BCUT2D eigenvalue weighted by molar-refractivity contribution is 7.90. The van der Waals surface area contributed by atoms with E-state index in [9.17, 15) is 18.0 Å². The zero-order valence-corrected chi connectivity index (χ0v) is 20.5. The van der Waals surface area contributed by atoms with Crippen molar-refractivity contribution in [3.63, 3.8) is 0 Å². The number of unbranched alkanes of at least 4 members (excludes halogenated alkanes) is 9. The molecule has 0 saturated carbocycles. The Kier molecular flexibility index (Phi) is 20.1. The lowest BCUT2D eigenvalue weighted by Gasteiger charge is -2.07. The lowest BCUT2D eigenvalue weighted by molar-refractivity contribution is -0.140. The molecule has 194 valence electrons. The van der Waals surface area contributed by atoms with Gasteiger partial charge in [0.1, 0.15) is 6.61 Å². The van der Waals surface area contributed by atoms with Gasteiger partial charge in [0.25, 0.3) is 0 Å². The van der Waals surface area contributed by atoms with Crippen LogP contribution in [0.5, 0.6) is 0 Å². The number of aliphatic carboxylic acids is 1. The van der Waals surface area contributed by atoms with Gasteiger partial charge in [-0.25, -0.2) is 9.59 Å². The minimum atomic E-state index is -5.02. The maximum absolute atomic E-state index is 11.4. The average Bonchev–Trinajstić information content (AvgIpc) is 2.75. The summed E-state index contributed by atoms with van der Waals surface area (Å²) < 4.78 is 51.0. The molecule has 0 atom stereocenters. The fourth-order valence-electron chi connectivity index (χ4n) is 2.83. The Morgan fingerprint density at radius 2 is 1.12 bits per heavy atom. The van der Waals surface area contributed by atoms with Gasteiger partial charge < -0.3 is 24.1 Å². The summed E-state index contributed by atoms with van der Waals surface area (Å²) in [6, 6.07) is 0. The molecule has 0 aliphatic rings. The number of carboxylic acid groups (broad SMARTS) is 1. The smallest absolute Gasteiger partial charge is 0.350 e. The molecule has 0 aliphatic carbocycles. The number of hydrogen-bond donors (Lipinski definition) is 2. The predicted molar refractivity (Wildman–Crippen MR) is 123 cm³/mol. The van der Waals surface area contributed by atoms with E-state index in [1.165, 1.54) is 57.8 Å². The van der Waals surface area contributed by atoms with Crippen LogP contribution in [0.2, 0.25) is 0 Å². The Bertz CT molecular complexity index is 646. The Morgan fingerprint density at radius 1 is 0.697 bits per heavy atom. The van der Waals surface area contributed by atoms with E-state index in [1.54, 1.807) is 0 Å². The molecule has 0 amide bonds. The highest BCUT2D eigenvalue weighted by Gasteiger charge is 2.23. The zero-order chi connectivity index (χ0) is 24.8. The molecule has 33 heavy (non-hydrogen) atoms. The second-order valence-corrected chi connectivity index (χ2v) is 8.87. The van der Waals surface area contributed by atoms with Crippen molar-refractivity contribution in [2.75, 3.05) is 46.2 Å². The fourth-order valence-corrected chi connectivity index (χ4v) is 3.30. The first kappa shape index (κ1) is 31.5. The highest BCUT2D eigenvalue weighted by atomic mass is 32.2. The van der Waals surface area contributed by atoms with Crippen LogP contribution < -0.4 is 0 Å². The Labute approximate surface area is 197 Å². The van der Waals surface area contributed by atoms with Gasteiger partial charge in [-0.1, -0.05) is 64.7 Å². The van der Waals surface area contributed by atoms with Crippen LogP contribution in [0.25, 0.3) is 0 Å². The molecule has 11 heteroatoms. The fraction of sp³-hybridized carbons (Fsp3) is 0.818. The molecule has 0 aromatic rings. The Balaban J connectivity index is 3.42. The molecular formula is C22H40O10S. The van der Waals surface area contributed by atoms with Gasteiger partial charge in [0.05, 0.1) is 39.1 Å². The van der Waals surface area contributed by atoms with Gasteiger partial charge in [0.15, 0.2) is 4.91 Å². The van der Waals surface area contributed by atoms with Gasteiger partial charge in [0, 0.05) is 6.61 Å². The van der Waals surface area contributed by atoms with Crippen molar-refractivity contribution >= 4 is 22.1 Å². The van der Waals surface area contributed by atoms with E-state index < -0.39 is 27.0 Å². The number of carbonyl (C=O) groups excluding carboxylic acids is 1. The molecule has 0 aliphatic heterocycles. The Morgan fingerprint density at radius 3 is 1.58 bits per heavy atom. The molecule has 0 spiro atoms. The highest BCUT2D eigenvalue weighted by Crippen LogP contribution is 2.10. The van der Waals surface area contributed by atoms with Crippen LogP contribution in [0, 0.1) is 0 Å². The molecule has 10 nitrogen and oxygen atoms in total. The van der Waals surface area contributed by atoms with Crippen LogP contribution in [-0.4, -0.2) is 76.3 Å². The van der Waals surface area contributed by atoms with Crippen LogP contribution in [0.1, 0.15) is 71.1 Å². The lowest BCUT2D eigenvalue weighted by atomic mass is 10.1. The molecule has 0 unspecified atom stereocenters. The Hall–Kier alpha value is -1.53. The quantitative estimate of drug-likeness (QED) is 0.0934. The first-order chi connectivity index (χ1) is 15.8. The summed E-state index contributed by atoms with van der Waals surface area (Å²) in [6.07, 6.45) is 13.1. The van der Waals surface area contributed by atoms with Crippen LogP contribution in [0.15, 0.2) is 11.0 Å². The first-order valence-electron chi connectivity index (χ1n) is 11.6. The summed E-state index contributed by atoms with van der Waals surface area (Å²) in [5.74, 6) is -3.18. The number of hydrogen-bond acceptors (Lipinski definition) is 8. The van der Waals surface area contributed by atoms with E-state index in [0.29, 0.717) is 19.8 Å². The van der Waals surface area contributed by atoms with E-state index in [4.69, 9.17) is 23.9 Å². The maximum Gasteiger partial charge on any atom is 0.350 e. The molecule has 0 rings (SSSR count). The summed E-state index contributed by atoms with van der Waals surface area (Å²) in [5.41, 5.74) is 0. The van der Waals surface area contributed by atoms with Gasteiger partial charge >= 0.3 is 22.1 Å². The summed E-state index contributed by atoms with van der Waals surface area (Å²) >= 11 is 0. The molecule has 0 saturated heterocycles. The van der Waals surface area contributed by atoms with Crippen molar-refractivity contribution in [1.82, 2.24) is 0 Å². The molecule has 0 heterocycles. The molecule has 0 radical (unpaired) electrons. The van der Waals surface area contributed by atoms with E-state index in [-0.39, 0.29) is 25.9 Å². The van der Waals surface area contributed by atoms with Crippen molar-refractivity contribution in [1.29, 1.82) is 0 Å². The third-order valence-electron chi connectivity index (χ3n) is 4.60. The van der Waals surface area contributed by atoms with Gasteiger partial charge in [-0.3, -0.25) is 4.55 Å². The second-order valence-electron chi connectivity index (χ2n) is 7.48. The second kappa shape index (κ2) is 21.0. The minimum absolute atomic E-state index is 0.0203. The van der Waals surface area contributed by atoms with Crippen molar-refractivity contribution in [2.45, 2.75) is 71.1 Å². The van der Waals surface area contributed by atoms with E-state index in [2.05, 4.69) is 11.7 Å². The molecule has 0 fully saturated rings. The summed E-state index contributed by atoms with van der Waals surface area (Å²) in [6.45, 7) is 4.34. The SMILES string of the molecule is CCCCCCCCCCCCOCCOCCOCCOC(=O)/C=C(\C(=O)O)S(=O)(=O)O. The molecule has 0 aromatic heterocycles. The average molecular weight is 497 g/mol. The van der Waals surface area contributed by atoms with Crippen LogP contribution in [0.3, 0.4) is 0 Å². The summed E-state index contributed by atoms with van der Waals surface area (Å²) in [5, 5.41) is 8.64. The van der Waals surface area contributed by atoms with Gasteiger partial charge in [-0.15, -0.1) is 0 Å². The van der Waals surface area contributed by atoms with E-state index >= 15 is 0 Å².